The lowest BCUT2D eigenvalue weighted by atomic mass is 10.1. The lowest BCUT2D eigenvalue weighted by Gasteiger charge is -2.32. The molecule has 1 amide bonds. The zero-order chi connectivity index (χ0) is 15.4. The molecule has 2 aromatic rings. The summed E-state index contributed by atoms with van der Waals surface area (Å²) >= 11 is 0. The molecule has 0 aliphatic carbocycles. The van der Waals surface area contributed by atoms with Crippen LogP contribution in [0.5, 0.6) is 5.75 Å². The van der Waals surface area contributed by atoms with E-state index in [0.29, 0.717) is 23.4 Å². The molecule has 0 aromatic carbocycles. The van der Waals surface area contributed by atoms with Crippen molar-refractivity contribution in [1.29, 1.82) is 0 Å². The van der Waals surface area contributed by atoms with E-state index in [-0.39, 0.29) is 12.0 Å². The Bertz CT molecular complexity index is 648. The number of amides is 1. The minimum Gasteiger partial charge on any atom is -0.619 e. The molecule has 2 aromatic heterocycles. The largest absolute Gasteiger partial charge is 0.619 e. The number of carbonyl (C=O) groups is 1. The molecule has 3 heterocycles. The van der Waals surface area contributed by atoms with E-state index in [1.54, 1.807) is 41.6 Å². The van der Waals surface area contributed by atoms with Gasteiger partial charge in [-0.25, -0.2) is 0 Å². The maximum atomic E-state index is 12.5. The third kappa shape index (κ3) is 3.33. The molecule has 0 spiro atoms. The van der Waals surface area contributed by atoms with Crippen LogP contribution < -0.4 is 9.47 Å². The first-order valence-corrected chi connectivity index (χ1v) is 7.27. The fourth-order valence-electron chi connectivity index (χ4n) is 2.59. The Hall–Kier alpha value is -2.63. The molecular weight excluding hydrogens is 282 g/mol. The molecule has 0 unspecified atom stereocenters. The molecule has 1 aliphatic rings. The predicted octanol–water partition coefficient (Wildman–Crippen LogP) is 1.40. The van der Waals surface area contributed by atoms with Gasteiger partial charge in [0.05, 0.1) is 6.54 Å². The van der Waals surface area contributed by atoms with Crippen LogP contribution in [0, 0.1) is 5.21 Å². The lowest BCUT2D eigenvalue weighted by Crippen LogP contribution is -2.44. The quantitative estimate of drug-likeness (QED) is 0.634. The Balaban J connectivity index is 1.66. The molecule has 0 N–H and O–H groups in total. The van der Waals surface area contributed by atoms with Crippen molar-refractivity contribution in [3.8, 4) is 5.75 Å². The highest BCUT2D eigenvalue weighted by Gasteiger charge is 2.26. The van der Waals surface area contributed by atoms with Gasteiger partial charge in [0.2, 0.25) is 0 Å². The highest BCUT2D eigenvalue weighted by atomic mass is 16.5. The van der Waals surface area contributed by atoms with Gasteiger partial charge in [0.15, 0.2) is 12.4 Å². The standard InChI is InChI=1S/C16H17N3O3/c20-16(13-3-1-10-19(21)11-13)18-9-2-4-15(12-18)22-14-5-7-17-8-6-14/h1,3,5-8,10-11,15H,2,4,9,12H2/t15-/m1/s1. The number of likely N-dealkylation sites (tertiary alicyclic amines) is 1. The summed E-state index contributed by atoms with van der Waals surface area (Å²) in [5, 5.41) is 11.3. The highest BCUT2D eigenvalue weighted by molar-refractivity contribution is 5.93. The zero-order valence-corrected chi connectivity index (χ0v) is 12.1. The molecule has 1 fully saturated rings. The zero-order valence-electron chi connectivity index (χ0n) is 12.1. The van der Waals surface area contributed by atoms with E-state index in [2.05, 4.69) is 4.98 Å². The summed E-state index contributed by atoms with van der Waals surface area (Å²) in [6, 6.07) is 6.84. The molecule has 114 valence electrons. The third-order valence-corrected chi connectivity index (χ3v) is 3.64. The number of aromatic nitrogens is 2. The average Bonchev–Trinajstić information content (AvgIpc) is 2.55. The van der Waals surface area contributed by atoms with Crippen LogP contribution in [-0.2, 0) is 0 Å². The first-order chi connectivity index (χ1) is 10.7. The maximum Gasteiger partial charge on any atom is 0.260 e. The molecule has 0 saturated carbocycles. The van der Waals surface area contributed by atoms with Crippen molar-refractivity contribution in [3.63, 3.8) is 0 Å². The third-order valence-electron chi connectivity index (χ3n) is 3.64. The maximum absolute atomic E-state index is 12.5. The molecule has 22 heavy (non-hydrogen) atoms. The fraction of sp³-hybridized carbons (Fsp3) is 0.312. The van der Waals surface area contributed by atoms with E-state index in [0.717, 1.165) is 18.6 Å². The van der Waals surface area contributed by atoms with Crippen molar-refractivity contribution >= 4 is 5.91 Å². The summed E-state index contributed by atoms with van der Waals surface area (Å²) in [6.07, 6.45) is 7.77. The SMILES string of the molecule is O=C(c1ccc[n+]([O-])c1)N1CCC[C@@H](Oc2ccncc2)C1. The minimum atomic E-state index is -0.131. The molecule has 1 saturated heterocycles. The van der Waals surface area contributed by atoms with E-state index in [1.807, 2.05) is 0 Å². The van der Waals surface area contributed by atoms with E-state index < -0.39 is 0 Å². The lowest BCUT2D eigenvalue weighted by molar-refractivity contribution is -0.605. The van der Waals surface area contributed by atoms with Gasteiger partial charge in [-0.05, 0) is 31.0 Å². The topological polar surface area (TPSA) is 69.4 Å². The molecule has 6 heteroatoms. The van der Waals surface area contributed by atoms with Gasteiger partial charge in [0.1, 0.15) is 17.4 Å². The van der Waals surface area contributed by atoms with E-state index in [1.165, 1.54) is 12.4 Å². The number of carbonyl (C=O) groups excluding carboxylic acids is 1. The summed E-state index contributed by atoms with van der Waals surface area (Å²) < 4.78 is 6.54. The van der Waals surface area contributed by atoms with Gasteiger partial charge >= 0.3 is 0 Å². The van der Waals surface area contributed by atoms with Crippen molar-refractivity contribution in [3.05, 3.63) is 59.8 Å². The molecule has 6 nitrogen and oxygen atoms in total. The van der Waals surface area contributed by atoms with Gasteiger partial charge in [-0.15, -0.1) is 0 Å². The second kappa shape index (κ2) is 6.43. The second-order valence-electron chi connectivity index (χ2n) is 5.27. The number of hydrogen-bond donors (Lipinski definition) is 0. The van der Waals surface area contributed by atoms with Gasteiger partial charge in [-0.3, -0.25) is 9.78 Å². The minimum absolute atomic E-state index is 0.0387. The number of nitrogens with zero attached hydrogens (tertiary/aromatic N) is 3. The van der Waals surface area contributed by atoms with Crippen molar-refractivity contribution in [2.45, 2.75) is 18.9 Å². The molecule has 0 radical (unpaired) electrons. The van der Waals surface area contributed by atoms with Gasteiger partial charge in [-0.1, -0.05) is 0 Å². The number of rotatable bonds is 3. The van der Waals surface area contributed by atoms with Crippen LogP contribution >= 0.6 is 0 Å². The van der Waals surface area contributed by atoms with Crippen LogP contribution in [-0.4, -0.2) is 35.0 Å². The van der Waals surface area contributed by atoms with E-state index in [4.69, 9.17) is 4.74 Å². The van der Waals surface area contributed by atoms with E-state index in [9.17, 15) is 10.0 Å². The van der Waals surface area contributed by atoms with Crippen molar-refractivity contribution in [2.24, 2.45) is 0 Å². The Morgan fingerprint density at radius 3 is 2.95 bits per heavy atom. The molecular formula is C16H17N3O3. The average molecular weight is 299 g/mol. The monoisotopic (exact) mass is 299 g/mol. The van der Waals surface area contributed by atoms with Gasteiger partial charge in [0, 0.05) is 25.0 Å². The van der Waals surface area contributed by atoms with Gasteiger partial charge < -0.3 is 14.8 Å². The van der Waals surface area contributed by atoms with Gasteiger partial charge in [-0.2, -0.15) is 4.73 Å². The van der Waals surface area contributed by atoms with Crippen LogP contribution in [0.4, 0.5) is 0 Å². The van der Waals surface area contributed by atoms with Gasteiger partial charge in [0.25, 0.3) is 5.91 Å². The predicted molar refractivity (Wildman–Crippen MR) is 79.2 cm³/mol. The van der Waals surface area contributed by atoms with Crippen LogP contribution in [0.3, 0.4) is 0 Å². The number of pyridine rings is 2. The molecule has 1 aliphatic heterocycles. The van der Waals surface area contributed by atoms with Crippen LogP contribution in [0.1, 0.15) is 23.2 Å². The summed E-state index contributed by atoms with van der Waals surface area (Å²) in [7, 11) is 0. The summed E-state index contributed by atoms with van der Waals surface area (Å²) in [4.78, 5) is 18.2. The number of hydrogen-bond acceptors (Lipinski definition) is 4. The first kappa shape index (κ1) is 14.3. The number of ether oxygens (including phenoxy) is 1. The molecule has 1 atom stereocenters. The van der Waals surface area contributed by atoms with Crippen LogP contribution in [0.25, 0.3) is 0 Å². The Morgan fingerprint density at radius 2 is 2.18 bits per heavy atom. The second-order valence-corrected chi connectivity index (χ2v) is 5.27. The molecule has 3 rings (SSSR count). The Labute approximate surface area is 128 Å². The van der Waals surface area contributed by atoms with Crippen molar-refractivity contribution in [1.82, 2.24) is 9.88 Å². The van der Waals surface area contributed by atoms with Crippen molar-refractivity contribution in [2.75, 3.05) is 13.1 Å². The fourth-order valence-corrected chi connectivity index (χ4v) is 2.59. The van der Waals surface area contributed by atoms with Crippen molar-refractivity contribution < 1.29 is 14.3 Å². The van der Waals surface area contributed by atoms with Crippen LogP contribution in [0.2, 0.25) is 0 Å². The Kier molecular flexibility index (Phi) is 4.18. The summed E-state index contributed by atoms with van der Waals surface area (Å²) in [6.45, 7) is 1.21. The summed E-state index contributed by atoms with van der Waals surface area (Å²) in [5.41, 5.74) is 0.405. The van der Waals surface area contributed by atoms with Crippen LogP contribution in [0.15, 0.2) is 49.1 Å². The normalized spacial score (nSPS) is 18.0. The molecule has 0 bridgehead atoms. The smallest absolute Gasteiger partial charge is 0.260 e. The first-order valence-electron chi connectivity index (χ1n) is 7.27. The highest BCUT2D eigenvalue weighted by Crippen LogP contribution is 2.19. The number of piperidine rings is 1. The Morgan fingerprint density at radius 1 is 1.36 bits per heavy atom. The van der Waals surface area contributed by atoms with E-state index >= 15 is 0 Å². The summed E-state index contributed by atoms with van der Waals surface area (Å²) in [5.74, 6) is 0.625.